The number of pyridine rings is 1. The van der Waals surface area contributed by atoms with Gasteiger partial charge in [-0.3, -0.25) is 4.79 Å². The van der Waals surface area contributed by atoms with Gasteiger partial charge in [0.1, 0.15) is 0 Å². The Morgan fingerprint density at radius 2 is 1.71 bits per heavy atom. The van der Waals surface area contributed by atoms with E-state index in [0.717, 1.165) is 11.8 Å². The summed E-state index contributed by atoms with van der Waals surface area (Å²) in [6.45, 7) is 4.83. The van der Waals surface area contributed by atoms with Gasteiger partial charge in [-0.2, -0.15) is 4.57 Å². The molecule has 0 atom stereocenters. The van der Waals surface area contributed by atoms with Crippen LogP contribution in [0.3, 0.4) is 0 Å². The topological polar surface area (TPSA) is 20.9 Å². The van der Waals surface area contributed by atoms with E-state index in [2.05, 4.69) is 36.7 Å². The van der Waals surface area contributed by atoms with Crippen molar-refractivity contribution in [1.29, 1.82) is 0 Å². The summed E-state index contributed by atoms with van der Waals surface area (Å²) in [6.07, 6.45) is 8.86. The summed E-state index contributed by atoms with van der Waals surface area (Å²) in [4.78, 5) is 12.9. The predicted molar refractivity (Wildman–Crippen MR) is 81.7 cm³/mol. The van der Waals surface area contributed by atoms with E-state index in [9.17, 15) is 4.79 Å². The Hall–Kier alpha value is -1.18. The molecule has 1 heterocycles. The smallest absolute Gasteiger partial charge is 0.207 e. The normalized spacial score (nSPS) is 37.0. The van der Waals surface area contributed by atoms with Gasteiger partial charge in [0.2, 0.25) is 12.3 Å². The Kier molecular flexibility index (Phi) is 3.16. The van der Waals surface area contributed by atoms with Crippen molar-refractivity contribution >= 4 is 5.78 Å². The number of hydrogen-bond donors (Lipinski definition) is 0. The maximum absolute atomic E-state index is 12.9. The molecule has 21 heavy (non-hydrogen) atoms. The SMILES string of the molecule is Cc1ccc[n+](CC(=O)C2C3CC4CC(C3)CC2C4)c1C. The van der Waals surface area contributed by atoms with Crippen molar-refractivity contribution in [3.05, 3.63) is 29.6 Å². The molecular weight excluding hydrogens is 258 g/mol. The number of nitrogens with zero attached hydrogens (tertiary/aromatic N) is 1. The fraction of sp³-hybridized carbons (Fsp3) is 0.684. The van der Waals surface area contributed by atoms with Crippen molar-refractivity contribution in [2.75, 3.05) is 0 Å². The van der Waals surface area contributed by atoms with E-state index in [0.29, 0.717) is 30.1 Å². The predicted octanol–water partition coefficient (Wildman–Crippen LogP) is 3.23. The van der Waals surface area contributed by atoms with Gasteiger partial charge >= 0.3 is 0 Å². The highest BCUT2D eigenvalue weighted by Crippen LogP contribution is 2.56. The lowest BCUT2D eigenvalue weighted by Gasteiger charge is -2.53. The van der Waals surface area contributed by atoms with Crippen LogP contribution < -0.4 is 4.57 Å². The molecular formula is C19H26NO+. The molecule has 1 aromatic rings. The molecule has 0 aliphatic heterocycles. The molecule has 5 rings (SSSR count). The quantitative estimate of drug-likeness (QED) is 0.781. The highest BCUT2D eigenvalue weighted by Gasteiger charge is 2.51. The minimum absolute atomic E-state index is 0.366. The second-order valence-electron chi connectivity index (χ2n) is 7.83. The Morgan fingerprint density at radius 3 is 2.33 bits per heavy atom. The van der Waals surface area contributed by atoms with Crippen molar-refractivity contribution in [1.82, 2.24) is 0 Å². The third kappa shape index (κ3) is 2.23. The number of rotatable bonds is 3. The van der Waals surface area contributed by atoms with Crippen LogP contribution >= 0.6 is 0 Å². The van der Waals surface area contributed by atoms with Gasteiger partial charge in [0.15, 0.2) is 11.9 Å². The molecule has 4 bridgehead atoms. The lowest BCUT2D eigenvalue weighted by Crippen LogP contribution is -2.52. The van der Waals surface area contributed by atoms with Gasteiger partial charge < -0.3 is 0 Å². The number of carbonyl (C=O) groups is 1. The third-order valence-corrected chi connectivity index (χ3v) is 6.54. The van der Waals surface area contributed by atoms with Gasteiger partial charge in [0.25, 0.3) is 0 Å². The molecule has 0 radical (unpaired) electrons. The van der Waals surface area contributed by atoms with Crippen LogP contribution in [0.4, 0.5) is 0 Å². The van der Waals surface area contributed by atoms with E-state index in [1.165, 1.54) is 43.4 Å². The fourth-order valence-corrected chi connectivity index (χ4v) is 5.65. The average molecular weight is 284 g/mol. The molecule has 4 aliphatic carbocycles. The Bertz CT molecular complexity index is 549. The standard InChI is InChI=1S/C19H26NO/c1-12-4-3-5-20(13(12)2)11-18(21)19-16-7-14-6-15(9-16)10-17(19)8-14/h3-5,14-17,19H,6-11H2,1-2H3/q+1. The van der Waals surface area contributed by atoms with Crippen molar-refractivity contribution in [2.45, 2.75) is 52.5 Å². The summed E-state index contributed by atoms with van der Waals surface area (Å²) in [5, 5.41) is 0. The van der Waals surface area contributed by atoms with Crippen LogP contribution in [0.1, 0.15) is 43.4 Å². The van der Waals surface area contributed by atoms with E-state index >= 15 is 0 Å². The fourth-order valence-electron chi connectivity index (χ4n) is 5.65. The molecule has 0 spiro atoms. The summed E-state index contributed by atoms with van der Waals surface area (Å²) < 4.78 is 2.16. The molecule has 0 saturated heterocycles. The number of carbonyl (C=O) groups excluding carboxylic acids is 1. The van der Waals surface area contributed by atoms with Crippen LogP contribution in [-0.2, 0) is 11.3 Å². The molecule has 1 aromatic heterocycles. The zero-order valence-electron chi connectivity index (χ0n) is 13.2. The number of hydrogen-bond acceptors (Lipinski definition) is 1. The molecule has 2 nitrogen and oxygen atoms in total. The monoisotopic (exact) mass is 284 g/mol. The molecule has 4 fully saturated rings. The van der Waals surface area contributed by atoms with Crippen LogP contribution in [0.2, 0.25) is 0 Å². The van der Waals surface area contributed by atoms with Gasteiger partial charge in [0.05, 0.1) is 0 Å². The summed E-state index contributed by atoms with van der Waals surface area (Å²) >= 11 is 0. The minimum atomic E-state index is 0.366. The summed E-state index contributed by atoms with van der Waals surface area (Å²) in [6, 6.07) is 4.19. The van der Waals surface area contributed by atoms with Crippen molar-refractivity contribution < 1.29 is 9.36 Å². The second kappa shape index (κ2) is 4.93. The number of aryl methyl sites for hydroxylation is 1. The average Bonchev–Trinajstić information content (AvgIpc) is 2.42. The summed E-state index contributed by atoms with van der Waals surface area (Å²) in [5.41, 5.74) is 2.50. The van der Waals surface area contributed by atoms with E-state index in [1.807, 2.05) is 0 Å². The maximum atomic E-state index is 12.9. The van der Waals surface area contributed by atoms with Crippen LogP contribution in [0.5, 0.6) is 0 Å². The van der Waals surface area contributed by atoms with E-state index in [4.69, 9.17) is 0 Å². The Morgan fingerprint density at radius 1 is 1.10 bits per heavy atom. The largest absolute Gasteiger partial charge is 0.292 e. The highest BCUT2D eigenvalue weighted by atomic mass is 16.1. The zero-order valence-corrected chi connectivity index (χ0v) is 13.2. The molecule has 2 heteroatoms. The number of Topliss-reactive ketones (excluding diaryl/α,β-unsaturated/α-hetero) is 1. The summed E-state index contributed by atoms with van der Waals surface area (Å²) in [5.74, 6) is 4.18. The Balaban J connectivity index is 1.54. The van der Waals surface area contributed by atoms with Crippen LogP contribution in [0.25, 0.3) is 0 Å². The van der Waals surface area contributed by atoms with E-state index in [1.54, 1.807) is 0 Å². The van der Waals surface area contributed by atoms with Crippen molar-refractivity contribution in [3.63, 3.8) is 0 Å². The van der Waals surface area contributed by atoms with Gasteiger partial charge in [-0.25, -0.2) is 0 Å². The summed E-state index contributed by atoms with van der Waals surface area (Å²) in [7, 11) is 0. The zero-order chi connectivity index (χ0) is 14.6. The van der Waals surface area contributed by atoms with Crippen LogP contribution in [0, 0.1) is 43.4 Å². The first kappa shape index (κ1) is 13.5. The first-order chi connectivity index (χ1) is 10.1. The van der Waals surface area contributed by atoms with Crippen molar-refractivity contribution in [3.8, 4) is 0 Å². The van der Waals surface area contributed by atoms with E-state index in [-0.39, 0.29) is 0 Å². The molecule has 0 amide bonds. The number of aromatic nitrogens is 1. The maximum Gasteiger partial charge on any atom is 0.207 e. The van der Waals surface area contributed by atoms with Crippen LogP contribution in [-0.4, -0.2) is 5.78 Å². The number of ketones is 1. The first-order valence-electron chi connectivity index (χ1n) is 8.60. The molecule has 0 unspecified atom stereocenters. The van der Waals surface area contributed by atoms with Gasteiger partial charge in [-0.1, -0.05) is 0 Å². The highest BCUT2D eigenvalue weighted by molar-refractivity contribution is 5.80. The first-order valence-corrected chi connectivity index (χ1v) is 8.60. The molecule has 112 valence electrons. The lowest BCUT2D eigenvalue weighted by atomic mass is 9.51. The van der Waals surface area contributed by atoms with Gasteiger partial charge in [-0.15, -0.1) is 0 Å². The van der Waals surface area contributed by atoms with Crippen LogP contribution in [0.15, 0.2) is 18.3 Å². The lowest BCUT2D eigenvalue weighted by molar-refractivity contribution is -0.691. The molecule has 4 saturated carbocycles. The minimum Gasteiger partial charge on any atom is -0.292 e. The molecule has 0 N–H and O–H groups in total. The van der Waals surface area contributed by atoms with E-state index < -0.39 is 0 Å². The van der Waals surface area contributed by atoms with Gasteiger partial charge in [-0.05, 0) is 68.8 Å². The Labute approximate surface area is 127 Å². The van der Waals surface area contributed by atoms with Crippen molar-refractivity contribution in [2.24, 2.45) is 29.6 Å². The third-order valence-electron chi connectivity index (χ3n) is 6.54. The molecule has 4 aliphatic rings. The second-order valence-corrected chi connectivity index (χ2v) is 7.83. The van der Waals surface area contributed by atoms with Gasteiger partial charge in [0, 0.05) is 24.5 Å². The molecule has 0 aromatic carbocycles.